The first-order valence-electron chi connectivity index (χ1n) is 23.7. The number of rotatable bonds is 20. The number of hydrogen-bond acceptors (Lipinski definition) is 7. The molecule has 2 heterocycles. The quantitative estimate of drug-likeness (QED) is 0.0337. The van der Waals surface area contributed by atoms with E-state index < -0.39 is 11.9 Å². The van der Waals surface area contributed by atoms with Crippen LogP contribution in [0.1, 0.15) is 86.1 Å². The molecule has 7 nitrogen and oxygen atoms in total. The molecule has 8 rings (SSSR count). The Labute approximate surface area is 412 Å². The van der Waals surface area contributed by atoms with E-state index in [2.05, 4.69) is 140 Å². The molecule has 0 amide bonds. The molecule has 8 aromatic rings. The predicted molar refractivity (Wildman–Crippen MR) is 286 cm³/mol. The summed E-state index contributed by atoms with van der Waals surface area (Å²) in [4.78, 5) is 29.9. The minimum atomic E-state index is -1.25. The number of carboxylic acids is 2. The van der Waals surface area contributed by atoms with Crippen LogP contribution in [-0.4, -0.2) is 22.2 Å². The average Bonchev–Trinajstić information content (AvgIpc) is 3.98. The Kier molecular flexibility index (Phi) is 15.6. The molecule has 6 aromatic carbocycles. The molecule has 0 unspecified atom stereocenters. The van der Waals surface area contributed by atoms with Gasteiger partial charge in [0.15, 0.2) is 0 Å². The molecule has 0 bridgehead atoms. The molecule has 0 saturated carbocycles. The predicted octanol–water partition coefficient (Wildman–Crippen LogP) is 16.8. The van der Waals surface area contributed by atoms with Gasteiger partial charge in [0.25, 0.3) is 0 Å². The first-order valence-corrected chi connectivity index (χ1v) is 25.3. The van der Waals surface area contributed by atoms with Crippen LogP contribution in [0.15, 0.2) is 151 Å². The lowest BCUT2D eigenvalue weighted by Crippen LogP contribution is -2.11. The largest absolute Gasteiger partial charge is 0.477 e. The SMILES string of the molecule is CCCCCCc1cc(/C=C(\C#N)C(=O)O)sc1-c1ccc2c(N(c3ccccc3)c3ccccc3)c3ccc(-c4sc(/C=C(\C#N)C(=O)O)cc4CCCCCC)cc3c(-c3ccccc3)c2c1. The molecule has 2 aromatic heterocycles. The van der Waals surface area contributed by atoms with Gasteiger partial charge in [0, 0.05) is 41.7 Å². The molecule has 0 fully saturated rings. The average molecular weight is 944 g/mol. The van der Waals surface area contributed by atoms with Crippen LogP contribution in [0.25, 0.3) is 65.7 Å². The summed E-state index contributed by atoms with van der Waals surface area (Å²) in [5.41, 5.74) is 8.78. The number of fused-ring (bicyclic) bond motifs is 2. The van der Waals surface area contributed by atoms with Crippen LogP contribution < -0.4 is 4.90 Å². The van der Waals surface area contributed by atoms with Gasteiger partial charge in [0.2, 0.25) is 0 Å². The minimum Gasteiger partial charge on any atom is -0.477 e. The molecule has 0 spiro atoms. The highest BCUT2D eigenvalue weighted by molar-refractivity contribution is 7.17. The Balaban J connectivity index is 1.46. The van der Waals surface area contributed by atoms with E-state index in [0.29, 0.717) is 0 Å². The number of para-hydroxylation sites is 2. The molecule has 0 radical (unpaired) electrons. The number of aryl methyl sites for hydroxylation is 2. The van der Waals surface area contributed by atoms with Crippen LogP contribution >= 0.6 is 22.7 Å². The highest BCUT2D eigenvalue weighted by Gasteiger charge is 2.25. The Morgan fingerprint density at radius 3 is 1.33 bits per heavy atom. The van der Waals surface area contributed by atoms with Crippen molar-refractivity contribution in [3.63, 3.8) is 0 Å². The van der Waals surface area contributed by atoms with Crippen molar-refractivity contribution in [2.75, 3.05) is 4.90 Å². The fourth-order valence-corrected chi connectivity index (χ4v) is 11.5. The molecule has 0 aliphatic carbocycles. The molecule has 69 heavy (non-hydrogen) atoms. The fourth-order valence-electron chi connectivity index (χ4n) is 9.16. The molecule has 0 atom stereocenters. The van der Waals surface area contributed by atoms with Gasteiger partial charge in [-0.1, -0.05) is 143 Å². The molecule has 0 saturated heterocycles. The maximum absolute atomic E-state index is 12.0. The summed E-state index contributed by atoms with van der Waals surface area (Å²) < 4.78 is 0. The van der Waals surface area contributed by atoms with Gasteiger partial charge in [0.1, 0.15) is 23.3 Å². The van der Waals surface area contributed by atoms with E-state index in [9.17, 15) is 30.3 Å². The Bertz CT molecular complexity index is 3080. The third-order valence-corrected chi connectivity index (χ3v) is 14.8. The topological polar surface area (TPSA) is 125 Å². The van der Waals surface area contributed by atoms with E-state index in [1.54, 1.807) is 0 Å². The van der Waals surface area contributed by atoms with Gasteiger partial charge in [-0.3, -0.25) is 0 Å². The van der Waals surface area contributed by atoms with Crippen molar-refractivity contribution in [1.29, 1.82) is 10.5 Å². The summed E-state index contributed by atoms with van der Waals surface area (Å²) >= 11 is 3.03. The number of thiophene rings is 2. The third kappa shape index (κ3) is 10.8. The van der Waals surface area contributed by atoms with Gasteiger partial charge in [-0.25, -0.2) is 9.59 Å². The van der Waals surface area contributed by atoms with Gasteiger partial charge < -0.3 is 15.1 Å². The molecule has 9 heteroatoms. The lowest BCUT2D eigenvalue weighted by Gasteiger charge is -2.30. The first-order chi connectivity index (χ1) is 33.7. The smallest absolute Gasteiger partial charge is 0.346 e. The highest BCUT2D eigenvalue weighted by atomic mass is 32.1. The highest BCUT2D eigenvalue weighted by Crippen LogP contribution is 2.51. The normalized spacial score (nSPS) is 11.7. The van der Waals surface area contributed by atoms with Crippen LogP contribution in [0, 0.1) is 22.7 Å². The van der Waals surface area contributed by atoms with E-state index in [0.717, 1.165) is 156 Å². The van der Waals surface area contributed by atoms with Gasteiger partial charge in [0.05, 0.1) is 5.69 Å². The number of carboxylic acid groups (broad SMARTS) is 2. The van der Waals surface area contributed by atoms with E-state index in [-0.39, 0.29) is 11.1 Å². The zero-order valence-electron chi connectivity index (χ0n) is 38.9. The number of aliphatic carboxylic acids is 2. The van der Waals surface area contributed by atoms with Crippen molar-refractivity contribution in [2.24, 2.45) is 0 Å². The number of hydrogen-bond donors (Lipinski definition) is 2. The summed E-state index contributed by atoms with van der Waals surface area (Å²) in [6.07, 6.45) is 13.2. The van der Waals surface area contributed by atoms with Crippen molar-refractivity contribution in [1.82, 2.24) is 0 Å². The van der Waals surface area contributed by atoms with E-state index in [1.807, 2.05) is 30.3 Å². The van der Waals surface area contributed by atoms with Crippen LogP contribution in [-0.2, 0) is 22.4 Å². The molecule has 344 valence electrons. The zero-order chi connectivity index (χ0) is 48.3. The van der Waals surface area contributed by atoms with Crippen LogP contribution in [0.3, 0.4) is 0 Å². The minimum absolute atomic E-state index is 0.301. The Hall–Kier alpha value is -7.56. The van der Waals surface area contributed by atoms with Gasteiger partial charge >= 0.3 is 11.9 Å². The number of benzene rings is 6. The van der Waals surface area contributed by atoms with Crippen LogP contribution in [0.2, 0.25) is 0 Å². The summed E-state index contributed by atoms with van der Waals surface area (Å²) in [5.74, 6) is -2.50. The molecular weight excluding hydrogens is 891 g/mol. The second-order valence-electron chi connectivity index (χ2n) is 17.2. The molecule has 0 aliphatic heterocycles. The van der Waals surface area contributed by atoms with E-state index in [4.69, 9.17) is 0 Å². The van der Waals surface area contributed by atoms with Crippen molar-refractivity contribution in [3.05, 3.63) is 172 Å². The second kappa shape index (κ2) is 22.5. The van der Waals surface area contributed by atoms with E-state index in [1.165, 1.54) is 34.8 Å². The second-order valence-corrected chi connectivity index (χ2v) is 19.4. The number of unbranched alkanes of at least 4 members (excludes halogenated alkanes) is 6. The van der Waals surface area contributed by atoms with Gasteiger partial charge in [-0.05, 0) is 131 Å². The molecular formula is C60H53N3O4S2. The summed E-state index contributed by atoms with van der Waals surface area (Å²) in [5, 5.41) is 43.2. The maximum atomic E-state index is 12.0. The summed E-state index contributed by atoms with van der Waals surface area (Å²) in [6.45, 7) is 4.39. The summed E-state index contributed by atoms with van der Waals surface area (Å²) in [6, 6.07) is 52.6. The van der Waals surface area contributed by atoms with E-state index >= 15 is 0 Å². The van der Waals surface area contributed by atoms with Crippen molar-refractivity contribution < 1.29 is 19.8 Å². The Morgan fingerprint density at radius 1 is 0.522 bits per heavy atom. The van der Waals surface area contributed by atoms with Crippen molar-refractivity contribution >= 4 is 85.4 Å². The fraction of sp³-hybridized carbons (Fsp3) is 0.200. The van der Waals surface area contributed by atoms with Crippen LogP contribution in [0.4, 0.5) is 17.1 Å². The molecule has 2 N–H and O–H groups in total. The standard InChI is InChI=1S/C60H53N3O4S2/c1-3-5-7-12-22-41-32-49(34-45(38-61)59(64)65)68-57(41)43-28-30-51-53(36-43)55(40-20-14-9-15-21-40)54-37-44(58-42(23-13-8-6-4-2)33-50(69-58)35-46(39-62)60(66)67)29-31-52(54)56(51)63(47-24-16-10-17-25-47)48-26-18-11-19-27-48/h9-11,14-21,24-37H,3-8,12-13,22-23H2,1-2H3,(H,64,65)(H,66,67)/b45-34+,46-35+. The van der Waals surface area contributed by atoms with Gasteiger partial charge in [-0.2, -0.15) is 10.5 Å². The van der Waals surface area contributed by atoms with Crippen molar-refractivity contribution in [3.8, 4) is 44.1 Å². The number of carbonyl (C=O) groups is 2. The number of nitriles is 2. The zero-order valence-corrected chi connectivity index (χ0v) is 40.5. The lowest BCUT2D eigenvalue weighted by molar-refractivity contribution is -0.133. The number of nitrogens with zero attached hydrogens (tertiary/aromatic N) is 3. The monoisotopic (exact) mass is 943 g/mol. The van der Waals surface area contributed by atoms with Crippen LogP contribution in [0.5, 0.6) is 0 Å². The lowest BCUT2D eigenvalue weighted by atomic mass is 9.87. The third-order valence-electron chi connectivity index (χ3n) is 12.5. The number of anilines is 3. The van der Waals surface area contributed by atoms with Gasteiger partial charge in [-0.15, -0.1) is 22.7 Å². The summed E-state index contributed by atoms with van der Waals surface area (Å²) in [7, 11) is 0. The van der Waals surface area contributed by atoms with Crippen molar-refractivity contribution in [2.45, 2.75) is 78.1 Å². The maximum Gasteiger partial charge on any atom is 0.346 e. The Morgan fingerprint density at radius 2 is 0.942 bits per heavy atom. The first kappa shape index (κ1) is 47.9. The molecule has 0 aliphatic rings.